The standard InChI is InChI=1S/C15H22N6/c1-12-13(11-20-21-12)5-4-9-18-15(16)19-10-7-14-6-2-3-8-17-14/h2-3,6,8,11H,4-5,7,9-10H2,1H3,(H,20,21)(H3,16,18,19). The van der Waals surface area contributed by atoms with Crippen LogP contribution in [0.25, 0.3) is 0 Å². The van der Waals surface area contributed by atoms with Gasteiger partial charge in [-0.3, -0.25) is 15.1 Å². The number of aromatic nitrogens is 3. The average Bonchev–Trinajstić information content (AvgIpc) is 2.90. The van der Waals surface area contributed by atoms with Gasteiger partial charge in [0.15, 0.2) is 5.96 Å². The Morgan fingerprint density at radius 2 is 2.29 bits per heavy atom. The summed E-state index contributed by atoms with van der Waals surface area (Å²) in [5, 5.41) is 10.0. The monoisotopic (exact) mass is 286 g/mol. The Balaban J connectivity index is 1.62. The maximum atomic E-state index is 5.83. The molecule has 0 unspecified atom stereocenters. The molecule has 0 amide bonds. The molecular weight excluding hydrogens is 264 g/mol. The van der Waals surface area contributed by atoms with Gasteiger partial charge in [-0.1, -0.05) is 6.07 Å². The molecule has 2 aromatic heterocycles. The van der Waals surface area contributed by atoms with Crippen LogP contribution in [-0.4, -0.2) is 34.2 Å². The molecule has 2 rings (SSSR count). The van der Waals surface area contributed by atoms with Gasteiger partial charge in [-0.25, -0.2) is 0 Å². The van der Waals surface area contributed by atoms with Gasteiger partial charge in [-0.15, -0.1) is 0 Å². The maximum Gasteiger partial charge on any atom is 0.188 e. The average molecular weight is 286 g/mol. The molecule has 0 radical (unpaired) electrons. The normalized spacial score (nSPS) is 11.6. The molecule has 0 spiro atoms. The fraction of sp³-hybridized carbons (Fsp3) is 0.400. The number of hydrogen-bond acceptors (Lipinski definition) is 3. The minimum atomic E-state index is 0.495. The third kappa shape index (κ3) is 5.25. The van der Waals surface area contributed by atoms with Crippen molar-refractivity contribution in [2.24, 2.45) is 10.7 Å². The lowest BCUT2D eigenvalue weighted by atomic mass is 10.1. The van der Waals surface area contributed by atoms with Crippen molar-refractivity contribution in [3.8, 4) is 0 Å². The molecule has 6 heteroatoms. The summed E-state index contributed by atoms with van der Waals surface area (Å²) in [5.41, 5.74) is 9.24. The number of nitrogens with two attached hydrogens (primary N) is 1. The van der Waals surface area contributed by atoms with Gasteiger partial charge in [-0.2, -0.15) is 5.10 Å². The number of aliphatic imine (C=N–C) groups is 1. The fourth-order valence-corrected chi connectivity index (χ4v) is 2.02. The predicted octanol–water partition coefficient (Wildman–Crippen LogP) is 1.19. The van der Waals surface area contributed by atoms with Crippen molar-refractivity contribution >= 4 is 5.96 Å². The number of aryl methyl sites for hydroxylation is 2. The number of nitrogens with zero attached hydrogens (tertiary/aromatic N) is 3. The van der Waals surface area contributed by atoms with Gasteiger partial charge in [0, 0.05) is 37.1 Å². The van der Waals surface area contributed by atoms with E-state index in [0.717, 1.165) is 37.2 Å². The third-order valence-corrected chi connectivity index (χ3v) is 3.23. The highest BCUT2D eigenvalue weighted by Crippen LogP contribution is 2.05. The van der Waals surface area contributed by atoms with Gasteiger partial charge in [0.2, 0.25) is 0 Å². The van der Waals surface area contributed by atoms with Crippen molar-refractivity contribution in [3.05, 3.63) is 47.5 Å². The number of guanidine groups is 1. The Morgan fingerprint density at radius 1 is 1.38 bits per heavy atom. The molecular formula is C15H22N6. The van der Waals surface area contributed by atoms with Gasteiger partial charge in [0.25, 0.3) is 0 Å². The molecule has 0 saturated carbocycles. The summed E-state index contributed by atoms with van der Waals surface area (Å²) < 4.78 is 0. The zero-order chi connectivity index (χ0) is 14.9. The first-order chi connectivity index (χ1) is 10.3. The van der Waals surface area contributed by atoms with Gasteiger partial charge in [0.1, 0.15) is 0 Å². The van der Waals surface area contributed by atoms with Crippen LogP contribution in [0.5, 0.6) is 0 Å². The fourth-order valence-electron chi connectivity index (χ4n) is 2.02. The number of aromatic amines is 1. The van der Waals surface area contributed by atoms with Crippen LogP contribution in [0.4, 0.5) is 0 Å². The topological polar surface area (TPSA) is 92.0 Å². The Labute approximate surface area is 124 Å². The third-order valence-electron chi connectivity index (χ3n) is 3.23. The second kappa shape index (κ2) is 8.04. The summed E-state index contributed by atoms with van der Waals surface area (Å²) in [7, 11) is 0. The lowest BCUT2D eigenvalue weighted by molar-refractivity contribution is 0.799. The van der Waals surface area contributed by atoms with E-state index in [1.165, 1.54) is 5.56 Å². The molecule has 6 nitrogen and oxygen atoms in total. The van der Waals surface area contributed by atoms with E-state index in [1.54, 1.807) is 6.20 Å². The Bertz CT molecular complexity index is 561. The molecule has 0 bridgehead atoms. The zero-order valence-electron chi connectivity index (χ0n) is 12.3. The molecule has 0 aliphatic heterocycles. The molecule has 0 aliphatic rings. The van der Waals surface area contributed by atoms with E-state index in [1.807, 2.05) is 31.3 Å². The first-order valence-corrected chi connectivity index (χ1v) is 7.18. The van der Waals surface area contributed by atoms with Crippen molar-refractivity contribution < 1.29 is 0 Å². The Hall–Kier alpha value is -2.37. The summed E-state index contributed by atoms with van der Waals surface area (Å²) >= 11 is 0. The van der Waals surface area contributed by atoms with Crippen LogP contribution in [0.15, 0.2) is 35.6 Å². The molecule has 2 aromatic rings. The smallest absolute Gasteiger partial charge is 0.188 e. The van der Waals surface area contributed by atoms with E-state index in [2.05, 4.69) is 25.5 Å². The van der Waals surface area contributed by atoms with Crippen molar-refractivity contribution in [3.63, 3.8) is 0 Å². The van der Waals surface area contributed by atoms with Gasteiger partial charge in [-0.05, 0) is 37.5 Å². The molecule has 112 valence electrons. The second-order valence-electron chi connectivity index (χ2n) is 4.89. The molecule has 0 fully saturated rings. The molecule has 0 aliphatic carbocycles. The highest BCUT2D eigenvalue weighted by Gasteiger charge is 1.99. The van der Waals surface area contributed by atoms with Gasteiger partial charge < -0.3 is 11.1 Å². The van der Waals surface area contributed by atoms with Crippen molar-refractivity contribution in [2.75, 3.05) is 13.1 Å². The van der Waals surface area contributed by atoms with Crippen molar-refractivity contribution in [1.82, 2.24) is 20.5 Å². The first kappa shape index (κ1) is 15.0. The van der Waals surface area contributed by atoms with Crippen molar-refractivity contribution in [1.29, 1.82) is 0 Å². The van der Waals surface area contributed by atoms with E-state index in [4.69, 9.17) is 5.73 Å². The van der Waals surface area contributed by atoms with Crippen LogP contribution in [0, 0.1) is 6.92 Å². The van der Waals surface area contributed by atoms with Gasteiger partial charge in [0.05, 0.1) is 6.20 Å². The molecule has 21 heavy (non-hydrogen) atoms. The Kier molecular flexibility index (Phi) is 5.75. The number of hydrogen-bond donors (Lipinski definition) is 3. The first-order valence-electron chi connectivity index (χ1n) is 7.18. The van der Waals surface area contributed by atoms with E-state index in [0.29, 0.717) is 12.5 Å². The lowest BCUT2D eigenvalue weighted by Crippen LogP contribution is -2.33. The summed E-state index contributed by atoms with van der Waals surface area (Å²) in [6.45, 7) is 3.49. The number of pyridine rings is 1. The van der Waals surface area contributed by atoms with Crippen molar-refractivity contribution in [2.45, 2.75) is 26.2 Å². The van der Waals surface area contributed by atoms with E-state index in [9.17, 15) is 0 Å². The highest BCUT2D eigenvalue weighted by molar-refractivity contribution is 5.77. The van der Waals surface area contributed by atoms with Crippen LogP contribution in [0.1, 0.15) is 23.4 Å². The molecule has 0 aromatic carbocycles. The number of nitrogens with one attached hydrogen (secondary N) is 2. The highest BCUT2D eigenvalue weighted by atomic mass is 15.1. The lowest BCUT2D eigenvalue weighted by Gasteiger charge is -2.05. The zero-order valence-corrected chi connectivity index (χ0v) is 12.3. The predicted molar refractivity (Wildman–Crippen MR) is 84.1 cm³/mol. The van der Waals surface area contributed by atoms with Crippen LogP contribution >= 0.6 is 0 Å². The minimum absolute atomic E-state index is 0.495. The van der Waals surface area contributed by atoms with Crippen LogP contribution in [0.2, 0.25) is 0 Å². The van der Waals surface area contributed by atoms with E-state index >= 15 is 0 Å². The van der Waals surface area contributed by atoms with Crippen LogP contribution < -0.4 is 11.1 Å². The molecule has 2 heterocycles. The second-order valence-corrected chi connectivity index (χ2v) is 4.89. The van der Waals surface area contributed by atoms with Gasteiger partial charge >= 0.3 is 0 Å². The SMILES string of the molecule is Cc1[nH]ncc1CCCN=C(N)NCCc1ccccn1. The molecule has 0 saturated heterocycles. The quantitative estimate of drug-likeness (QED) is 0.405. The summed E-state index contributed by atoms with van der Waals surface area (Å²) in [5.74, 6) is 0.495. The Morgan fingerprint density at radius 3 is 3.00 bits per heavy atom. The van der Waals surface area contributed by atoms with E-state index in [-0.39, 0.29) is 0 Å². The van der Waals surface area contributed by atoms with Crippen LogP contribution in [0.3, 0.4) is 0 Å². The summed E-state index contributed by atoms with van der Waals surface area (Å²) in [4.78, 5) is 8.57. The van der Waals surface area contributed by atoms with Crippen LogP contribution in [-0.2, 0) is 12.8 Å². The number of rotatable bonds is 7. The largest absolute Gasteiger partial charge is 0.370 e. The molecule has 0 atom stereocenters. The summed E-state index contributed by atoms with van der Waals surface area (Å²) in [6.07, 6.45) is 6.43. The van der Waals surface area contributed by atoms with E-state index < -0.39 is 0 Å². The minimum Gasteiger partial charge on any atom is -0.370 e. The molecule has 4 N–H and O–H groups in total. The summed E-state index contributed by atoms with van der Waals surface area (Å²) in [6, 6.07) is 5.90. The number of H-pyrrole nitrogens is 1. The maximum absolute atomic E-state index is 5.83.